The maximum absolute atomic E-state index is 12.7. The largest absolute Gasteiger partial charge is 0.493 e. The summed E-state index contributed by atoms with van der Waals surface area (Å²) in [5.41, 5.74) is 4.33. The van der Waals surface area contributed by atoms with Gasteiger partial charge in [0.15, 0.2) is 11.5 Å². The zero-order valence-corrected chi connectivity index (χ0v) is 22.2. The second-order valence-electron chi connectivity index (χ2n) is 7.38. The molecule has 0 aromatic heterocycles. The first-order chi connectivity index (χ1) is 15.8. The third-order valence-corrected chi connectivity index (χ3v) is 6.29. The van der Waals surface area contributed by atoms with Gasteiger partial charge in [0.2, 0.25) is 0 Å². The van der Waals surface area contributed by atoms with Gasteiger partial charge in [-0.05, 0) is 89.5 Å². The number of nitrogens with one attached hydrogen (secondary N) is 1. The van der Waals surface area contributed by atoms with Gasteiger partial charge in [0, 0.05) is 13.7 Å². The summed E-state index contributed by atoms with van der Waals surface area (Å²) in [4.78, 5) is 12.7. The Labute approximate surface area is 215 Å². The van der Waals surface area contributed by atoms with E-state index in [4.69, 9.17) is 9.47 Å². The minimum atomic E-state index is -0.477. The smallest absolute Gasteiger partial charge is 0.266 e. The van der Waals surface area contributed by atoms with Crippen molar-refractivity contribution in [2.45, 2.75) is 20.5 Å². The van der Waals surface area contributed by atoms with Crippen LogP contribution in [-0.2, 0) is 11.4 Å². The van der Waals surface area contributed by atoms with Crippen LogP contribution in [0.2, 0.25) is 0 Å². The Morgan fingerprint density at radius 2 is 1.85 bits per heavy atom. The second kappa shape index (κ2) is 11.3. The lowest BCUT2D eigenvalue weighted by molar-refractivity contribution is -0.112. The number of aryl methyl sites for hydroxylation is 2. The number of nitrogens with zero attached hydrogens (tertiary/aromatic N) is 1. The molecule has 0 aliphatic heterocycles. The molecule has 0 fully saturated rings. The molecule has 0 bridgehead atoms. The molecule has 0 saturated heterocycles. The number of hydrogen-bond acceptors (Lipinski definition) is 4. The monoisotopic (exact) mass is 616 g/mol. The predicted molar refractivity (Wildman–Crippen MR) is 142 cm³/mol. The summed E-state index contributed by atoms with van der Waals surface area (Å²) in [6, 6.07) is 19.3. The third kappa shape index (κ3) is 6.59. The Morgan fingerprint density at radius 3 is 2.48 bits per heavy atom. The van der Waals surface area contributed by atoms with E-state index in [1.54, 1.807) is 19.2 Å². The molecule has 0 atom stereocenters. The molecule has 0 radical (unpaired) electrons. The van der Waals surface area contributed by atoms with Gasteiger partial charge in [-0.2, -0.15) is 5.26 Å². The molecule has 168 valence electrons. The van der Waals surface area contributed by atoms with Crippen LogP contribution in [0.1, 0.15) is 22.3 Å². The Balaban J connectivity index is 1.82. The van der Waals surface area contributed by atoms with Gasteiger partial charge in [-0.15, -0.1) is 0 Å². The molecule has 0 aliphatic carbocycles. The lowest BCUT2D eigenvalue weighted by atomic mass is 10.1. The molecule has 0 unspecified atom stereocenters. The highest BCUT2D eigenvalue weighted by Gasteiger charge is 2.15. The van der Waals surface area contributed by atoms with Crippen molar-refractivity contribution >= 4 is 56.2 Å². The fraction of sp³-hybridized carbons (Fsp3) is 0.154. The fourth-order valence-corrected chi connectivity index (χ4v) is 3.92. The van der Waals surface area contributed by atoms with Gasteiger partial charge in [0.05, 0.1) is 7.11 Å². The number of anilines is 1. The van der Waals surface area contributed by atoms with Crippen molar-refractivity contribution in [1.29, 1.82) is 5.26 Å². The predicted octanol–water partition coefficient (Wildman–Crippen LogP) is 6.80. The van der Waals surface area contributed by atoms with Gasteiger partial charge >= 0.3 is 0 Å². The Morgan fingerprint density at radius 1 is 1.12 bits per heavy atom. The first kappa shape index (κ1) is 24.8. The van der Waals surface area contributed by atoms with Crippen LogP contribution in [0.5, 0.6) is 11.5 Å². The van der Waals surface area contributed by atoms with Gasteiger partial charge in [-0.3, -0.25) is 4.79 Å². The number of ether oxygens (including phenoxy) is 2. The topological polar surface area (TPSA) is 71.3 Å². The van der Waals surface area contributed by atoms with E-state index in [0.717, 1.165) is 20.3 Å². The van der Waals surface area contributed by atoms with Gasteiger partial charge in [0.1, 0.15) is 18.2 Å². The van der Waals surface area contributed by atoms with Crippen molar-refractivity contribution in [2.24, 2.45) is 0 Å². The summed E-state index contributed by atoms with van der Waals surface area (Å²) in [7, 11) is 1.55. The molecular formula is C26H22BrIN2O3. The lowest BCUT2D eigenvalue weighted by Crippen LogP contribution is -2.14. The van der Waals surface area contributed by atoms with Crippen LogP contribution in [0.3, 0.4) is 0 Å². The molecule has 33 heavy (non-hydrogen) atoms. The van der Waals surface area contributed by atoms with Gasteiger partial charge in [-0.1, -0.05) is 45.8 Å². The third-order valence-electron chi connectivity index (χ3n) is 4.89. The van der Waals surface area contributed by atoms with Crippen molar-refractivity contribution in [3.8, 4) is 17.6 Å². The average Bonchev–Trinajstić information content (AvgIpc) is 2.79. The van der Waals surface area contributed by atoms with Crippen LogP contribution in [-0.4, -0.2) is 13.0 Å². The van der Waals surface area contributed by atoms with E-state index in [0.29, 0.717) is 33.8 Å². The number of carbonyl (C=O) groups is 1. The van der Waals surface area contributed by atoms with E-state index in [1.807, 2.05) is 62.4 Å². The zero-order chi connectivity index (χ0) is 24.0. The van der Waals surface area contributed by atoms with E-state index in [1.165, 1.54) is 6.08 Å². The summed E-state index contributed by atoms with van der Waals surface area (Å²) < 4.78 is 13.3. The maximum Gasteiger partial charge on any atom is 0.266 e. The molecule has 0 aliphatic rings. The first-order valence-corrected chi connectivity index (χ1v) is 11.9. The van der Waals surface area contributed by atoms with Crippen molar-refractivity contribution in [1.82, 2.24) is 0 Å². The summed E-state index contributed by atoms with van der Waals surface area (Å²) in [6.45, 7) is 4.28. The Kier molecular flexibility index (Phi) is 8.53. The fourth-order valence-electron chi connectivity index (χ4n) is 3.12. The second-order valence-corrected chi connectivity index (χ2v) is 9.48. The molecule has 3 aromatic rings. The molecule has 3 rings (SSSR count). The highest BCUT2D eigenvalue weighted by molar-refractivity contribution is 14.1. The summed E-state index contributed by atoms with van der Waals surface area (Å²) in [5.74, 6) is 0.578. The van der Waals surface area contributed by atoms with Crippen LogP contribution in [0.4, 0.5) is 5.69 Å². The normalized spacial score (nSPS) is 11.0. The summed E-state index contributed by atoms with van der Waals surface area (Å²) in [6.07, 6.45) is 1.52. The van der Waals surface area contributed by atoms with Crippen LogP contribution in [0.15, 0.2) is 64.6 Å². The number of rotatable bonds is 7. The van der Waals surface area contributed by atoms with E-state index in [-0.39, 0.29) is 5.57 Å². The van der Waals surface area contributed by atoms with E-state index in [2.05, 4.69) is 43.8 Å². The molecule has 5 nitrogen and oxygen atoms in total. The number of carbonyl (C=O) groups excluding carboxylic acids is 1. The molecule has 1 N–H and O–H groups in total. The van der Waals surface area contributed by atoms with Crippen molar-refractivity contribution < 1.29 is 14.3 Å². The summed E-state index contributed by atoms with van der Waals surface area (Å²) >= 11 is 5.77. The Bertz CT molecular complexity index is 1250. The number of hydrogen-bond donors (Lipinski definition) is 1. The number of benzene rings is 3. The summed E-state index contributed by atoms with van der Waals surface area (Å²) in [5, 5.41) is 12.4. The number of nitriles is 1. The van der Waals surface area contributed by atoms with E-state index in [9.17, 15) is 10.1 Å². The van der Waals surface area contributed by atoms with E-state index < -0.39 is 5.91 Å². The lowest BCUT2D eigenvalue weighted by Gasteiger charge is -2.13. The highest BCUT2D eigenvalue weighted by atomic mass is 127. The minimum Gasteiger partial charge on any atom is -0.493 e. The molecule has 7 heteroatoms. The molecule has 1 amide bonds. The first-order valence-electron chi connectivity index (χ1n) is 10.1. The van der Waals surface area contributed by atoms with Crippen LogP contribution in [0.25, 0.3) is 6.08 Å². The van der Waals surface area contributed by atoms with Crippen LogP contribution in [0, 0.1) is 28.7 Å². The van der Waals surface area contributed by atoms with Crippen molar-refractivity contribution in [3.05, 3.63) is 90.5 Å². The average molecular weight is 617 g/mol. The van der Waals surface area contributed by atoms with Crippen molar-refractivity contribution in [3.63, 3.8) is 0 Å². The number of halogens is 2. The van der Waals surface area contributed by atoms with Crippen LogP contribution < -0.4 is 14.8 Å². The van der Waals surface area contributed by atoms with Gasteiger partial charge in [0.25, 0.3) is 5.91 Å². The quantitative estimate of drug-likeness (QED) is 0.180. The number of methoxy groups -OCH3 is 1. The highest BCUT2D eigenvalue weighted by Crippen LogP contribution is 2.35. The molecule has 0 spiro atoms. The Hall–Kier alpha value is -2.83. The minimum absolute atomic E-state index is 0.0229. The van der Waals surface area contributed by atoms with Crippen molar-refractivity contribution in [2.75, 3.05) is 12.4 Å². The molecular weight excluding hydrogens is 595 g/mol. The zero-order valence-electron chi connectivity index (χ0n) is 18.4. The van der Waals surface area contributed by atoms with Gasteiger partial charge < -0.3 is 14.8 Å². The standard InChI is InChI=1S/C26H22BrIN2O3/c1-16-4-9-23(17(2)10-16)30-26(31)20(14-29)11-19-12-24(32-3)25(13-22(19)27)33-15-18-5-7-21(28)8-6-18/h4-13H,15H2,1-3H3,(H,30,31)/b20-11+. The van der Waals surface area contributed by atoms with Crippen LogP contribution >= 0.6 is 38.5 Å². The molecule has 3 aromatic carbocycles. The molecule has 0 saturated carbocycles. The SMILES string of the molecule is COc1cc(/C=C(\C#N)C(=O)Nc2ccc(C)cc2C)c(Br)cc1OCc1ccc(I)cc1. The van der Waals surface area contributed by atoms with E-state index >= 15 is 0 Å². The molecule has 0 heterocycles. The van der Waals surface area contributed by atoms with Gasteiger partial charge in [-0.25, -0.2) is 0 Å². The maximum atomic E-state index is 12.7. The number of amides is 1.